The molecule has 0 fully saturated rings. The Kier molecular flexibility index (Phi) is 6.93. The largest absolute Gasteiger partial charge is 1.00 e. The molecular weight excluding hydrogens is 375 g/mol. The van der Waals surface area contributed by atoms with E-state index in [9.17, 15) is 14.7 Å². The molecule has 0 atom stereocenters. The molecule has 1 aliphatic heterocycles. The second kappa shape index (κ2) is 8.79. The molecule has 0 bridgehead atoms. The Bertz CT molecular complexity index is 953. The van der Waals surface area contributed by atoms with Crippen molar-refractivity contribution in [1.29, 1.82) is 0 Å². The van der Waals surface area contributed by atoms with Crippen LogP contribution in [0.5, 0.6) is 0 Å². The van der Waals surface area contributed by atoms with Crippen LogP contribution in [-0.4, -0.2) is 25.4 Å². The van der Waals surface area contributed by atoms with Gasteiger partial charge in [-0.25, -0.2) is 4.79 Å². The van der Waals surface area contributed by atoms with Gasteiger partial charge in [-0.05, 0) is 31.2 Å². The Balaban J connectivity index is 0.00000261. The van der Waals surface area contributed by atoms with Crippen LogP contribution in [0.15, 0.2) is 59.8 Å². The van der Waals surface area contributed by atoms with Crippen LogP contribution in [0.25, 0.3) is 5.76 Å². The average molecular weight is 391 g/mol. The van der Waals surface area contributed by atoms with E-state index in [1.54, 1.807) is 62.4 Å². The third kappa shape index (κ3) is 3.70. The van der Waals surface area contributed by atoms with Crippen molar-refractivity contribution in [2.45, 2.75) is 6.92 Å². The summed E-state index contributed by atoms with van der Waals surface area (Å²) in [7, 11) is 1.61. The number of amides is 1. The minimum absolute atomic E-state index is 0. The molecule has 1 amide bonds. The molecule has 7 heteroatoms. The van der Waals surface area contributed by atoms with E-state index in [1.165, 1.54) is 9.80 Å². The quantitative estimate of drug-likeness (QED) is 0.530. The zero-order valence-corrected chi connectivity index (χ0v) is 18.1. The van der Waals surface area contributed by atoms with Gasteiger partial charge < -0.3 is 14.9 Å². The van der Waals surface area contributed by atoms with Crippen LogP contribution < -0.4 is 44.5 Å². The van der Waals surface area contributed by atoms with Crippen LogP contribution in [-0.2, 0) is 9.59 Å². The minimum Gasteiger partial charge on any atom is -0.871 e. The first kappa shape index (κ1) is 21.3. The van der Waals surface area contributed by atoms with E-state index in [4.69, 9.17) is 11.6 Å². The molecule has 0 saturated carbocycles. The number of halogens is 1. The number of carbonyl (C=O) groups is 1. The fourth-order valence-electron chi connectivity index (χ4n) is 3.04. The van der Waals surface area contributed by atoms with Crippen LogP contribution in [0.3, 0.4) is 0 Å². The van der Waals surface area contributed by atoms with Gasteiger partial charge in [0.15, 0.2) is 5.94 Å². The molecular formula is C20H16ClN2NaO3. The maximum Gasteiger partial charge on any atom is 1.00 e. The van der Waals surface area contributed by atoms with Gasteiger partial charge in [0.25, 0.3) is 5.91 Å². The number of para-hydroxylation sites is 1. The van der Waals surface area contributed by atoms with Crippen molar-refractivity contribution in [3.05, 3.63) is 70.4 Å². The molecule has 2 aromatic carbocycles. The number of carbonyl (C=O) groups excluding carboxylic acids is 2. The Labute approximate surface area is 184 Å². The second-order valence-corrected chi connectivity index (χ2v) is 6.14. The summed E-state index contributed by atoms with van der Waals surface area (Å²) in [4.78, 5) is 27.7. The maximum absolute atomic E-state index is 13.2. The van der Waals surface area contributed by atoms with Gasteiger partial charge in [-0.3, -0.25) is 4.79 Å². The Hall–Kier alpha value is -2.01. The van der Waals surface area contributed by atoms with Gasteiger partial charge >= 0.3 is 29.6 Å². The number of nitrogens with zero attached hydrogens (tertiary/aromatic N) is 2. The fourth-order valence-corrected chi connectivity index (χ4v) is 3.30. The van der Waals surface area contributed by atoms with Gasteiger partial charge in [-0.2, -0.15) is 0 Å². The first-order valence-electron chi connectivity index (χ1n) is 8.07. The number of hydrogen-bond donors (Lipinski definition) is 0. The summed E-state index contributed by atoms with van der Waals surface area (Å²) in [6, 6.07) is 13.9. The van der Waals surface area contributed by atoms with Crippen molar-refractivity contribution >= 4 is 40.6 Å². The third-order valence-corrected chi connectivity index (χ3v) is 4.63. The standard InChI is InChI=1S/C20H17ClN2O3.Na/c1-3-23(13-8-5-4-6-9-13)20(26)18-16(12-24)22(2)15-11-7-10-14(21)17(15)19(18)25;/h4-11,25H,3H2,1-2H3;/q;+1/p-1. The van der Waals surface area contributed by atoms with E-state index in [-0.39, 0.29) is 51.4 Å². The number of fused-ring (bicyclic) bond motifs is 1. The van der Waals surface area contributed by atoms with E-state index in [0.717, 1.165) is 0 Å². The Morgan fingerprint density at radius 1 is 1.19 bits per heavy atom. The second-order valence-electron chi connectivity index (χ2n) is 5.73. The minimum atomic E-state index is -0.568. The summed E-state index contributed by atoms with van der Waals surface area (Å²) >= 11 is 6.20. The van der Waals surface area contributed by atoms with Gasteiger partial charge in [0.2, 0.25) is 0 Å². The normalized spacial score (nSPS) is 12.9. The van der Waals surface area contributed by atoms with Gasteiger partial charge in [0, 0.05) is 35.6 Å². The van der Waals surface area contributed by atoms with Crippen molar-refractivity contribution in [3.63, 3.8) is 0 Å². The Morgan fingerprint density at radius 3 is 2.44 bits per heavy atom. The first-order valence-corrected chi connectivity index (χ1v) is 8.45. The van der Waals surface area contributed by atoms with Crippen molar-refractivity contribution in [2.75, 3.05) is 23.4 Å². The number of likely N-dealkylation sites (N-methyl/N-ethyl adjacent to an activating group) is 2. The van der Waals surface area contributed by atoms with Crippen molar-refractivity contribution in [1.82, 2.24) is 0 Å². The molecule has 3 rings (SSSR count). The summed E-state index contributed by atoms with van der Waals surface area (Å²) in [6.45, 7) is 2.14. The van der Waals surface area contributed by atoms with Crippen LogP contribution in [0, 0.1) is 0 Å². The molecule has 0 aromatic heterocycles. The number of hydrogen-bond acceptors (Lipinski definition) is 4. The van der Waals surface area contributed by atoms with Crippen molar-refractivity contribution in [3.8, 4) is 0 Å². The van der Waals surface area contributed by atoms with Crippen LogP contribution in [0.2, 0.25) is 5.02 Å². The van der Waals surface area contributed by atoms with Crippen LogP contribution >= 0.6 is 11.6 Å². The zero-order valence-electron chi connectivity index (χ0n) is 15.3. The van der Waals surface area contributed by atoms with E-state index < -0.39 is 11.7 Å². The monoisotopic (exact) mass is 390 g/mol. The van der Waals surface area contributed by atoms with Crippen molar-refractivity contribution < 1.29 is 44.3 Å². The molecule has 0 spiro atoms. The summed E-state index contributed by atoms with van der Waals surface area (Å²) in [5.41, 5.74) is 0.999. The molecule has 0 N–H and O–H groups in total. The van der Waals surface area contributed by atoms with Gasteiger partial charge in [-0.15, -0.1) is 0 Å². The molecule has 0 unspecified atom stereocenters. The van der Waals surface area contributed by atoms with Gasteiger partial charge in [-0.1, -0.05) is 41.6 Å². The molecule has 1 heterocycles. The summed E-state index contributed by atoms with van der Waals surface area (Å²) < 4.78 is 0. The smallest absolute Gasteiger partial charge is 0.871 e. The number of rotatable bonds is 3. The predicted molar refractivity (Wildman–Crippen MR) is 100 cm³/mol. The van der Waals surface area contributed by atoms with E-state index in [1.807, 2.05) is 6.07 Å². The average Bonchev–Trinajstić information content (AvgIpc) is 2.65. The molecule has 1 aliphatic rings. The molecule has 27 heavy (non-hydrogen) atoms. The molecule has 0 saturated heterocycles. The Morgan fingerprint density at radius 2 is 1.85 bits per heavy atom. The van der Waals surface area contributed by atoms with E-state index >= 15 is 0 Å². The third-order valence-electron chi connectivity index (χ3n) is 4.32. The molecule has 2 aromatic rings. The molecule has 5 nitrogen and oxygen atoms in total. The predicted octanol–water partition coefficient (Wildman–Crippen LogP) is -0.366. The van der Waals surface area contributed by atoms with E-state index in [0.29, 0.717) is 17.9 Å². The maximum atomic E-state index is 13.2. The summed E-state index contributed by atoms with van der Waals surface area (Å²) in [5, 5.41) is 13.3. The number of anilines is 2. The molecule has 0 radical (unpaired) electrons. The first-order chi connectivity index (χ1) is 12.5. The van der Waals surface area contributed by atoms with E-state index in [2.05, 4.69) is 0 Å². The summed E-state index contributed by atoms with van der Waals surface area (Å²) in [5.74, 6) is 0.626. The zero-order chi connectivity index (χ0) is 18.8. The molecule has 0 aliphatic carbocycles. The van der Waals surface area contributed by atoms with Gasteiger partial charge in [0.05, 0.1) is 5.57 Å². The summed E-state index contributed by atoms with van der Waals surface area (Å²) in [6.07, 6.45) is 0. The molecule has 132 valence electrons. The SMILES string of the molecule is CCN(C(=O)C1=C([O-])c2c(Cl)cccc2N(C)C1=C=O)c1ccccc1.[Na+]. The van der Waals surface area contributed by atoms with Crippen LogP contribution in [0.4, 0.5) is 11.4 Å². The van der Waals surface area contributed by atoms with Crippen molar-refractivity contribution in [2.24, 2.45) is 0 Å². The number of benzene rings is 2. The van der Waals surface area contributed by atoms with Gasteiger partial charge in [0.1, 0.15) is 5.70 Å². The fraction of sp³-hybridized carbons (Fsp3) is 0.150. The topological polar surface area (TPSA) is 63.7 Å². The van der Waals surface area contributed by atoms with Crippen LogP contribution in [0.1, 0.15) is 12.5 Å².